The zero-order chi connectivity index (χ0) is 13.9. The van der Waals surface area contributed by atoms with Crippen molar-refractivity contribution in [2.24, 2.45) is 0 Å². The predicted octanol–water partition coefficient (Wildman–Crippen LogP) is -1.26. The average Bonchev–Trinajstić information content (AvgIpc) is 2.47. The Bertz CT molecular complexity index is 420. The third-order valence-corrected chi connectivity index (χ3v) is 5.73. The lowest BCUT2D eigenvalue weighted by Crippen LogP contribution is -2.62. The van der Waals surface area contributed by atoms with Gasteiger partial charge in [-0.15, -0.1) is 0 Å². The molecular formula is C11H22N4O3S. The fraction of sp³-hybridized carbons (Fsp3) is 0.909. The van der Waals surface area contributed by atoms with Crippen molar-refractivity contribution >= 4 is 16.1 Å². The Morgan fingerprint density at radius 1 is 1.21 bits per heavy atom. The van der Waals surface area contributed by atoms with Crippen LogP contribution in [0.3, 0.4) is 0 Å². The lowest BCUT2D eigenvalue weighted by molar-refractivity contribution is -0.124. The standard InChI is InChI=1S/C11H22N4O3S/c1-12-11(16)10-9-13-5-8-15(10)19(17,18)14-6-3-2-4-7-14/h10,13H,2-9H2,1H3,(H,12,16). The molecule has 0 aliphatic carbocycles. The van der Waals surface area contributed by atoms with Crippen LogP contribution in [0, 0.1) is 0 Å². The van der Waals surface area contributed by atoms with Gasteiger partial charge in [0.2, 0.25) is 5.91 Å². The highest BCUT2D eigenvalue weighted by molar-refractivity contribution is 7.86. The first-order valence-electron chi connectivity index (χ1n) is 6.76. The van der Waals surface area contributed by atoms with Crippen molar-refractivity contribution in [2.75, 3.05) is 39.8 Å². The minimum atomic E-state index is -3.52. The maximum atomic E-state index is 12.6. The molecule has 2 saturated heterocycles. The maximum Gasteiger partial charge on any atom is 0.282 e. The van der Waals surface area contributed by atoms with Crippen LogP contribution < -0.4 is 10.6 Å². The summed E-state index contributed by atoms with van der Waals surface area (Å²) in [6.45, 7) is 2.42. The Morgan fingerprint density at radius 3 is 2.53 bits per heavy atom. The molecule has 19 heavy (non-hydrogen) atoms. The quantitative estimate of drug-likeness (QED) is 0.679. The van der Waals surface area contributed by atoms with E-state index in [4.69, 9.17) is 0 Å². The van der Waals surface area contributed by atoms with Gasteiger partial charge in [-0.05, 0) is 12.8 Å². The number of piperidine rings is 1. The number of piperazine rings is 1. The highest BCUT2D eigenvalue weighted by atomic mass is 32.2. The van der Waals surface area contributed by atoms with Gasteiger partial charge in [-0.1, -0.05) is 6.42 Å². The fourth-order valence-electron chi connectivity index (χ4n) is 2.60. The van der Waals surface area contributed by atoms with Gasteiger partial charge in [0, 0.05) is 39.8 Å². The molecule has 7 nitrogen and oxygen atoms in total. The van der Waals surface area contributed by atoms with Crippen LogP contribution in [0.1, 0.15) is 19.3 Å². The molecule has 0 radical (unpaired) electrons. The molecule has 0 spiro atoms. The summed E-state index contributed by atoms with van der Waals surface area (Å²) in [4.78, 5) is 11.8. The van der Waals surface area contributed by atoms with Crippen LogP contribution in [-0.2, 0) is 15.0 Å². The van der Waals surface area contributed by atoms with Crippen LogP contribution in [0.25, 0.3) is 0 Å². The summed E-state index contributed by atoms with van der Waals surface area (Å²) in [6.07, 6.45) is 2.87. The second kappa shape index (κ2) is 6.17. The zero-order valence-corrected chi connectivity index (χ0v) is 12.1. The van der Waals surface area contributed by atoms with E-state index in [1.165, 1.54) is 15.7 Å². The smallest absolute Gasteiger partial charge is 0.282 e. The SMILES string of the molecule is CNC(=O)C1CNCCN1S(=O)(=O)N1CCCCC1. The Balaban J connectivity index is 2.18. The van der Waals surface area contributed by atoms with E-state index in [-0.39, 0.29) is 5.91 Å². The van der Waals surface area contributed by atoms with Crippen molar-refractivity contribution < 1.29 is 13.2 Å². The number of hydrogen-bond donors (Lipinski definition) is 2. The number of carbonyl (C=O) groups is 1. The molecule has 0 aromatic heterocycles. The molecule has 1 atom stereocenters. The molecule has 1 unspecified atom stereocenters. The zero-order valence-electron chi connectivity index (χ0n) is 11.3. The summed E-state index contributed by atoms with van der Waals surface area (Å²) in [5.41, 5.74) is 0. The Morgan fingerprint density at radius 2 is 1.89 bits per heavy atom. The highest BCUT2D eigenvalue weighted by Gasteiger charge is 2.39. The molecular weight excluding hydrogens is 268 g/mol. The van der Waals surface area contributed by atoms with Gasteiger partial charge in [-0.25, -0.2) is 0 Å². The van der Waals surface area contributed by atoms with Gasteiger partial charge in [-0.2, -0.15) is 17.0 Å². The maximum absolute atomic E-state index is 12.6. The molecule has 1 amide bonds. The summed E-state index contributed by atoms with van der Waals surface area (Å²) in [5, 5.41) is 5.61. The van der Waals surface area contributed by atoms with E-state index in [0.29, 0.717) is 32.7 Å². The first kappa shape index (κ1) is 14.7. The Labute approximate surface area is 114 Å². The van der Waals surface area contributed by atoms with E-state index in [1.807, 2.05) is 0 Å². The van der Waals surface area contributed by atoms with E-state index < -0.39 is 16.3 Å². The molecule has 2 N–H and O–H groups in total. The first-order chi connectivity index (χ1) is 9.07. The molecule has 2 aliphatic rings. The molecule has 2 rings (SSSR count). The van der Waals surface area contributed by atoms with Gasteiger partial charge < -0.3 is 10.6 Å². The van der Waals surface area contributed by atoms with Gasteiger partial charge >= 0.3 is 0 Å². The molecule has 0 saturated carbocycles. The molecule has 0 aromatic rings. The Hall–Kier alpha value is -0.700. The largest absolute Gasteiger partial charge is 0.358 e. The number of carbonyl (C=O) groups excluding carboxylic acids is 1. The molecule has 2 aliphatic heterocycles. The van der Waals surface area contributed by atoms with Crippen LogP contribution in [0.2, 0.25) is 0 Å². The summed E-state index contributed by atoms with van der Waals surface area (Å²) < 4.78 is 28.1. The molecule has 0 aromatic carbocycles. The molecule has 8 heteroatoms. The second-order valence-corrected chi connectivity index (χ2v) is 6.79. The number of hydrogen-bond acceptors (Lipinski definition) is 4. The third kappa shape index (κ3) is 3.07. The molecule has 110 valence electrons. The van der Waals surface area contributed by atoms with Gasteiger partial charge in [0.25, 0.3) is 10.2 Å². The van der Waals surface area contributed by atoms with Crippen LogP contribution in [0.4, 0.5) is 0 Å². The summed E-state index contributed by atoms with van der Waals surface area (Å²) in [7, 11) is -1.99. The lowest BCUT2D eigenvalue weighted by Gasteiger charge is -2.38. The van der Waals surface area contributed by atoms with Gasteiger partial charge in [0.1, 0.15) is 6.04 Å². The normalized spacial score (nSPS) is 27.1. The number of nitrogens with zero attached hydrogens (tertiary/aromatic N) is 2. The van der Waals surface area contributed by atoms with Crippen molar-refractivity contribution in [3.63, 3.8) is 0 Å². The van der Waals surface area contributed by atoms with Crippen molar-refractivity contribution in [1.29, 1.82) is 0 Å². The van der Waals surface area contributed by atoms with E-state index in [2.05, 4.69) is 10.6 Å². The fourth-order valence-corrected chi connectivity index (χ4v) is 4.43. The summed E-state index contributed by atoms with van der Waals surface area (Å²) in [6, 6.07) is -0.648. The lowest BCUT2D eigenvalue weighted by atomic mass is 10.2. The highest BCUT2D eigenvalue weighted by Crippen LogP contribution is 2.19. The van der Waals surface area contributed by atoms with Gasteiger partial charge in [0.15, 0.2) is 0 Å². The second-order valence-electron chi connectivity index (χ2n) is 4.91. The minimum absolute atomic E-state index is 0.257. The van der Waals surface area contributed by atoms with E-state index in [1.54, 1.807) is 0 Å². The van der Waals surface area contributed by atoms with Crippen LogP contribution in [0.15, 0.2) is 0 Å². The third-order valence-electron chi connectivity index (χ3n) is 3.68. The summed E-state index contributed by atoms with van der Waals surface area (Å²) >= 11 is 0. The topological polar surface area (TPSA) is 81.8 Å². The van der Waals surface area contributed by atoms with Crippen LogP contribution in [0.5, 0.6) is 0 Å². The predicted molar refractivity (Wildman–Crippen MR) is 71.8 cm³/mol. The van der Waals surface area contributed by atoms with Gasteiger partial charge in [0.05, 0.1) is 0 Å². The number of likely N-dealkylation sites (N-methyl/N-ethyl adjacent to an activating group) is 1. The van der Waals surface area contributed by atoms with Crippen molar-refractivity contribution in [3.8, 4) is 0 Å². The van der Waals surface area contributed by atoms with E-state index in [9.17, 15) is 13.2 Å². The molecule has 2 fully saturated rings. The number of amides is 1. The van der Waals surface area contributed by atoms with Crippen LogP contribution in [-0.4, -0.2) is 68.7 Å². The van der Waals surface area contributed by atoms with Crippen molar-refractivity contribution in [1.82, 2.24) is 19.2 Å². The number of nitrogens with one attached hydrogen (secondary N) is 2. The minimum Gasteiger partial charge on any atom is -0.358 e. The van der Waals surface area contributed by atoms with E-state index >= 15 is 0 Å². The van der Waals surface area contributed by atoms with Crippen LogP contribution >= 0.6 is 0 Å². The van der Waals surface area contributed by atoms with Crippen molar-refractivity contribution in [3.05, 3.63) is 0 Å². The Kier molecular flexibility index (Phi) is 4.77. The number of rotatable bonds is 3. The molecule has 2 heterocycles. The monoisotopic (exact) mass is 290 g/mol. The first-order valence-corrected chi connectivity index (χ1v) is 8.16. The van der Waals surface area contributed by atoms with E-state index in [0.717, 1.165) is 19.3 Å². The average molecular weight is 290 g/mol. The van der Waals surface area contributed by atoms with Gasteiger partial charge in [-0.3, -0.25) is 4.79 Å². The molecule has 0 bridgehead atoms. The van der Waals surface area contributed by atoms with Crippen molar-refractivity contribution in [2.45, 2.75) is 25.3 Å². The summed E-state index contributed by atoms with van der Waals surface area (Å²) in [5.74, 6) is -0.257.